The highest BCUT2D eigenvalue weighted by Crippen LogP contribution is 2.32. The van der Waals surface area contributed by atoms with Gasteiger partial charge in [0.1, 0.15) is 22.2 Å². The molecule has 26 heavy (non-hydrogen) atoms. The minimum atomic E-state index is -0.880. The molecule has 1 aliphatic heterocycles. The Morgan fingerprint density at radius 1 is 1.38 bits per heavy atom. The van der Waals surface area contributed by atoms with Crippen molar-refractivity contribution >= 4 is 34.8 Å². The standard InChI is InChI=1S/C18H19ClN2O4S/c1-11-15(16(22)21-8-7-18(2,10-21)17(23)24)26-14(20-11)9-25-13-5-3-12(19)4-6-13/h3-6H,7-10H2,1-2H3,(H,23,24)/t18-/m0/s1. The summed E-state index contributed by atoms with van der Waals surface area (Å²) in [4.78, 5) is 30.7. The number of aryl methyl sites for hydroxylation is 1. The average Bonchev–Trinajstić information content (AvgIpc) is 3.18. The number of ether oxygens (including phenoxy) is 1. The van der Waals surface area contributed by atoms with E-state index in [0.29, 0.717) is 39.3 Å². The molecule has 1 saturated heterocycles. The summed E-state index contributed by atoms with van der Waals surface area (Å²) in [5, 5.41) is 10.7. The summed E-state index contributed by atoms with van der Waals surface area (Å²) in [6, 6.07) is 7.02. The van der Waals surface area contributed by atoms with Gasteiger partial charge in [-0.25, -0.2) is 4.98 Å². The van der Waals surface area contributed by atoms with E-state index in [1.807, 2.05) is 0 Å². The van der Waals surface area contributed by atoms with Crippen LogP contribution in [0.2, 0.25) is 5.02 Å². The van der Waals surface area contributed by atoms with Crippen molar-refractivity contribution in [2.75, 3.05) is 13.1 Å². The van der Waals surface area contributed by atoms with Crippen LogP contribution in [-0.4, -0.2) is 40.0 Å². The highest BCUT2D eigenvalue weighted by molar-refractivity contribution is 7.13. The first kappa shape index (κ1) is 18.7. The fraction of sp³-hybridized carbons (Fsp3) is 0.389. The molecule has 0 radical (unpaired) electrons. The molecule has 6 nitrogen and oxygen atoms in total. The molecule has 8 heteroatoms. The minimum Gasteiger partial charge on any atom is -0.486 e. The predicted molar refractivity (Wildman–Crippen MR) is 98.9 cm³/mol. The predicted octanol–water partition coefficient (Wildman–Crippen LogP) is 3.62. The summed E-state index contributed by atoms with van der Waals surface area (Å²) < 4.78 is 5.67. The van der Waals surface area contributed by atoms with Gasteiger partial charge in [0.05, 0.1) is 11.1 Å². The number of carbonyl (C=O) groups excluding carboxylic acids is 1. The van der Waals surface area contributed by atoms with Crippen molar-refractivity contribution in [3.05, 3.63) is 44.9 Å². The van der Waals surface area contributed by atoms with E-state index in [9.17, 15) is 14.7 Å². The molecule has 138 valence electrons. The van der Waals surface area contributed by atoms with Crippen LogP contribution >= 0.6 is 22.9 Å². The van der Waals surface area contributed by atoms with Crippen LogP contribution < -0.4 is 4.74 Å². The average molecular weight is 395 g/mol. The fourth-order valence-corrected chi connectivity index (χ4v) is 3.91. The molecule has 1 N–H and O–H groups in total. The van der Waals surface area contributed by atoms with Crippen molar-refractivity contribution < 1.29 is 19.4 Å². The molecule has 1 aromatic carbocycles. The van der Waals surface area contributed by atoms with Gasteiger partial charge in [-0.15, -0.1) is 11.3 Å². The van der Waals surface area contributed by atoms with Crippen molar-refractivity contribution in [1.29, 1.82) is 0 Å². The molecule has 0 unspecified atom stereocenters. The van der Waals surface area contributed by atoms with E-state index < -0.39 is 11.4 Å². The number of amides is 1. The third-order valence-corrected chi connectivity index (χ3v) is 5.86. The molecule has 2 aromatic rings. The molecule has 0 spiro atoms. The Kier molecular flexibility index (Phi) is 5.20. The molecule has 1 amide bonds. The lowest BCUT2D eigenvalue weighted by atomic mass is 9.90. The number of carboxylic acids is 1. The van der Waals surface area contributed by atoms with Gasteiger partial charge in [-0.2, -0.15) is 0 Å². The molecule has 1 aromatic heterocycles. The Hall–Kier alpha value is -2.12. The second-order valence-electron chi connectivity index (χ2n) is 6.61. The molecule has 0 bridgehead atoms. The molecule has 0 aliphatic carbocycles. The fourth-order valence-electron chi connectivity index (χ4n) is 2.84. The van der Waals surface area contributed by atoms with Gasteiger partial charge < -0.3 is 14.7 Å². The summed E-state index contributed by atoms with van der Waals surface area (Å²) in [5.74, 6) is -0.361. The Balaban J connectivity index is 1.67. The third-order valence-electron chi connectivity index (χ3n) is 4.49. The number of halogens is 1. The largest absolute Gasteiger partial charge is 0.486 e. The lowest BCUT2D eigenvalue weighted by Crippen LogP contribution is -2.34. The maximum Gasteiger partial charge on any atom is 0.311 e. The first-order valence-corrected chi connectivity index (χ1v) is 9.35. The molecule has 3 rings (SSSR count). The summed E-state index contributed by atoms with van der Waals surface area (Å²) in [6.45, 7) is 4.37. The zero-order chi connectivity index (χ0) is 18.9. The van der Waals surface area contributed by atoms with Gasteiger partial charge in [0.2, 0.25) is 0 Å². The molecule has 1 fully saturated rings. The molecule has 0 saturated carbocycles. The van der Waals surface area contributed by atoms with E-state index in [2.05, 4.69) is 4.98 Å². The minimum absolute atomic E-state index is 0.164. The van der Waals surface area contributed by atoms with Crippen LogP contribution in [0.1, 0.15) is 33.7 Å². The number of hydrogen-bond acceptors (Lipinski definition) is 5. The number of aliphatic carboxylic acids is 1. The SMILES string of the molecule is Cc1nc(COc2ccc(Cl)cc2)sc1C(=O)N1CC[C@](C)(C(=O)O)C1. The van der Waals surface area contributed by atoms with Crippen LogP contribution in [0.15, 0.2) is 24.3 Å². The molecular formula is C18H19ClN2O4S. The molecule has 1 atom stereocenters. The number of rotatable bonds is 5. The van der Waals surface area contributed by atoms with Crippen molar-refractivity contribution in [1.82, 2.24) is 9.88 Å². The van der Waals surface area contributed by atoms with Gasteiger partial charge in [0.15, 0.2) is 0 Å². The smallest absolute Gasteiger partial charge is 0.311 e. The number of carbonyl (C=O) groups is 2. The highest BCUT2D eigenvalue weighted by Gasteiger charge is 2.42. The second kappa shape index (κ2) is 7.25. The maximum atomic E-state index is 12.8. The van der Waals surface area contributed by atoms with Gasteiger partial charge in [0.25, 0.3) is 5.91 Å². The number of hydrogen-bond donors (Lipinski definition) is 1. The Morgan fingerprint density at radius 3 is 2.69 bits per heavy atom. The number of thiazole rings is 1. The van der Waals surface area contributed by atoms with Gasteiger partial charge in [-0.1, -0.05) is 11.6 Å². The summed E-state index contributed by atoms with van der Waals surface area (Å²) >= 11 is 7.13. The van der Waals surface area contributed by atoms with Crippen molar-refractivity contribution in [3.8, 4) is 5.75 Å². The summed E-state index contributed by atoms with van der Waals surface area (Å²) in [7, 11) is 0. The normalized spacial score (nSPS) is 19.6. The molecule has 1 aliphatic rings. The molecular weight excluding hydrogens is 376 g/mol. The Labute approximate surface area is 160 Å². The quantitative estimate of drug-likeness (QED) is 0.837. The number of likely N-dealkylation sites (tertiary alicyclic amines) is 1. The van der Waals surface area contributed by atoms with E-state index in [-0.39, 0.29) is 19.1 Å². The number of aromatic nitrogens is 1. The topological polar surface area (TPSA) is 79.7 Å². The lowest BCUT2D eigenvalue weighted by molar-refractivity contribution is -0.147. The Morgan fingerprint density at radius 2 is 2.08 bits per heavy atom. The second-order valence-corrected chi connectivity index (χ2v) is 8.13. The monoisotopic (exact) mass is 394 g/mol. The summed E-state index contributed by atoms with van der Waals surface area (Å²) in [6.07, 6.45) is 0.457. The van der Waals surface area contributed by atoms with Crippen LogP contribution in [0.4, 0.5) is 0 Å². The van der Waals surface area contributed by atoms with Crippen molar-refractivity contribution in [2.45, 2.75) is 26.9 Å². The van der Waals surface area contributed by atoms with Gasteiger partial charge in [0, 0.05) is 18.1 Å². The van der Waals surface area contributed by atoms with E-state index >= 15 is 0 Å². The number of benzene rings is 1. The van der Waals surface area contributed by atoms with Crippen LogP contribution in [0, 0.1) is 12.3 Å². The van der Waals surface area contributed by atoms with Gasteiger partial charge >= 0.3 is 5.97 Å². The van der Waals surface area contributed by atoms with Crippen molar-refractivity contribution in [2.24, 2.45) is 5.41 Å². The van der Waals surface area contributed by atoms with Crippen molar-refractivity contribution in [3.63, 3.8) is 0 Å². The van der Waals surface area contributed by atoms with E-state index in [1.165, 1.54) is 11.3 Å². The van der Waals surface area contributed by atoms with Gasteiger partial charge in [-0.3, -0.25) is 9.59 Å². The number of carboxylic acid groups (broad SMARTS) is 1. The van der Waals surface area contributed by atoms with E-state index in [4.69, 9.17) is 16.3 Å². The van der Waals surface area contributed by atoms with Gasteiger partial charge in [-0.05, 0) is 44.5 Å². The highest BCUT2D eigenvalue weighted by atomic mass is 35.5. The first-order chi connectivity index (χ1) is 12.3. The maximum absolute atomic E-state index is 12.8. The zero-order valence-corrected chi connectivity index (χ0v) is 16.1. The first-order valence-electron chi connectivity index (χ1n) is 8.16. The third kappa shape index (κ3) is 3.83. The van der Waals surface area contributed by atoms with Crippen LogP contribution in [0.25, 0.3) is 0 Å². The van der Waals surface area contributed by atoms with Crippen LogP contribution in [-0.2, 0) is 11.4 Å². The van der Waals surface area contributed by atoms with Crippen LogP contribution in [0.3, 0.4) is 0 Å². The summed E-state index contributed by atoms with van der Waals surface area (Å²) in [5.41, 5.74) is -0.243. The zero-order valence-electron chi connectivity index (χ0n) is 14.5. The molecule has 2 heterocycles. The van der Waals surface area contributed by atoms with E-state index in [0.717, 1.165) is 0 Å². The number of nitrogens with zero attached hydrogens (tertiary/aromatic N) is 2. The Bertz CT molecular complexity index is 836. The van der Waals surface area contributed by atoms with E-state index in [1.54, 1.807) is 43.0 Å². The van der Waals surface area contributed by atoms with Crippen LogP contribution in [0.5, 0.6) is 5.75 Å². The lowest BCUT2D eigenvalue weighted by Gasteiger charge is -2.19.